The average Bonchev–Trinajstić information content (AvgIpc) is 2.51. The van der Waals surface area contributed by atoms with Crippen LogP contribution in [0.25, 0.3) is 0 Å². The van der Waals surface area contributed by atoms with Crippen LogP contribution < -0.4 is 15.3 Å². The fourth-order valence-corrected chi connectivity index (χ4v) is 1.93. The molecule has 0 aliphatic rings. The van der Waals surface area contributed by atoms with Crippen molar-refractivity contribution in [2.45, 2.75) is 0 Å². The van der Waals surface area contributed by atoms with E-state index in [2.05, 4.69) is 10.2 Å². The third-order valence-corrected chi connectivity index (χ3v) is 3.26. The zero-order chi connectivity index (χ0) is 15.4. The number of methoxy groups -OCH3 is 1. The van der Waals surface area contributed by atoms with Crippen LogP contribution >= 0.6 is 11.6 Å². The smallest absolute Gasteiger partial charge is 0.287 e. The number of ether oxygens (including phenoxy) is 1. The maximum absolute atomic E-state index is 11.7. The lowest BCUT2D eigenvalue weighted by molar-refractivity contribution is 0.415. The molecule has 2 aromatic rings. The molecular formula is C14H15ClN4O2. The van der Waals surface area contributed by atoms with Crippen LogP contribution in [0.2, 0.25) is 5.02 Å². The normalized spacial score (nSPS) is 10.9. The molecule has 0 aliphatic heterocycles. The summed E-state index contributed by atoms with van der Waals surface area (Å²) in [7, 11) is 4.85. The average molecular weight is 307 g/mol. The lowest BCUT2D eigenvalue weighted by Gasteiger charge is -2.13. The number of rotatable bonds is 4. The Hall–Kier alpha value is -2.34. The Bertz CT molecular complexity index is 710. The molecular weight excluding hydrogens is 292 g/mol. The fourth-order valence-electron chi connectivity index (χ4n) is 1.63. The third-order valence-electron chi connectivity index (χ3n) is 2.90. The van der Waals surface area contributed by atoms with Crippen LogP contribution in [0.1, 0.15) is 5.56 Å². The zero-order valence-corrected chi connectivity index (χ0v) is 12.7. The van der Waals surface area contributed by atoms with Gasteiger partial charge in [-0.2, -0.15) is 10.2 Å². The summed E-state index contributed by atoms with van der Waals surface area (Å²) in [5.41, 5.74) is 0.987. The van der Waals surface area contributed by atoms with Gasteiger partial charge in [-0.15, -0.1) is 0 Å². The van der Waals surface area contributed by atoms with Gasteiger partial charge in [0.15, 0.2) is 0 Å². The Morgan fingerprint density at radius 1 is 1.38 bits per heavy atom. The van der Waals surface area contributed by atoms with Crippen molar-refractivity contribution in [3.05, 3.63) is 51.4 Å². The standard InChI is InChI=1S/C14H15ClN4O2/c1-18(12-9-17-19(2)14(20)13(12)15)16-8-10-4-6-11(21-3)7-5-10/h4-9H,1-3H3/b16-8+. The number of hydrogen-bond acceptors (Lipinski definition) is 5. The summed E-state index contributed by atoms with van der Waals surface area (Å²) in [6, 6.07) is 7.43. The van der Waals surface area contributed by atoms with Crippen LogP contribution in [0.3, 0.4) is 0 Å². The lowest BCUT2D eigenvalue weighted by atomic mass is 10.2. The number of anilines is 1. The van der Waals surface area contributed by atoms with Crippen molar-refractivity contribution < 1.29 is 4.74 Å². The van der Waals surface area contributed by atoms with Crippen molar-refractivity contribution in [2.75, 3.05) is 19.2 Å². The van der Waals surface area contributed by atoms with Crippen LogP contribution in [-0.4, -0.2) is 30.2 Å². The van der Waals surface area contributed by atoms with Gasteiger partial charge in [-0.05, 0) is 29.8 Å². The Morgan fingerprint density at radius 3 is 2.67 bits per heavy atom. The largest absolute Gasteiger partial charge is 0.497 e. The summed E-state index contributed by atoms with van der Waals surface area (Å²) in [6.45, 7) is 0. The molecule has 0 radical (unpaired) electrons. The van der Waals surface area contributed by atoms with Gasteiger partial charge < -0.3 is 4.74 Å². The molecule has 1 heterocycles. The monoisotopic (exact) mass is 306 g/mol. The lowest BCUT2D eigenvalue weighted by Crippen LogP contribution is -2.23. The van der Waals surface area contributed by atoms with Gasteiger partial charge in [0, 0.05) is 14.1 Å². The highest BCUT2D eigenvalue weighted by Crippen LogP contribution is 2.19. The SMILES string of the molecule is COc1ccc(/C=N/N(C)c2cnn(C)c(=O)c2Cl)cc1. The Morgan fingerprint density at radius 2 is 2.05 bits per heavy atom. The minimum Gasteiger partial charge on any atom is -0.497 e. The molecule has 0 N–H and O–H groups in total. The summed E-state index contributed by atoms with van der Waals surface area (Å²) in [5.74, 6) is 0.777. The maximum Gasteiger partial charge on any atom is 0.287 e. The number of hydrazone groups is 1. The summed E-state index contributed by atoms with van der Waals surface area (Å²) in [5, 5.41) is 9.76. The molecule has 0 saturated heterocycles. The van der Waals surface area contributed by atoms with Gasteiger partial charge in [-0.3, -0.25) is 9.80 Å². The van der Waals surface area contributed by atoms with Crippen molar-refractivity contribution >= 4 is 23.5 Å². The molecule has 21 heavy (non-hydrogen) atoms. The minimum absolute atomic E-state index is 0.0851. The summed E-state index contributed by atoms with van der Waals surface area (Å²) in [6.07, 6.45) is 3.16. The first-order valence-corrected chi connectivity index (χ1v) is 6.54. The van der Waals surface area contributed by atoms with Gasteiger partial charge in [-0.1, -0.05) is 11.6 Å². The number of halogens is 1. The van der Waals surface area contributed by atoms with Crippen molar-refractivity contribution in [3.63, 3.8) is 0 Å². The van der Waals surface area contributed by atoms with E-state index in [-0.39, 0.29) is 10.6 Å². The van der Waals surface area contributed by atoms with Crippen LogP contribution in [-0.2, 0) is 7.05 Å². The molecule has 0 unspecified atom stereocenters. The second-order valence-electron chi connectivity index (χ2n) is 4.31. The Kier molecular flexibility index (Phi) is 4.59. The number of nitrogens with zero attached hydrogens (tertiary/aromatic N) is 4. The Balaban J connectivity index is 2.20. The topological polar surface area (TPSA) is 59.7 Å². The molecule has 0 amide bonds. The van der Waals surface area contributed by atoms with Gasteiger partial charge in [0.1, 0.15) is 16.5 Å². The molecule has 0 atom stereocenters. The number of aromatic nitrogens is 2. The van der Waals surface area contributed by atoms with Crippen LogP contribution in [0.15, 0.2) is 40.4 Å². The van der Waals surface area contributed by atoms with Gasteiger partial charge >= 0.3 is 0 Å². The van der Waals surface area contributed by atoms with E-state index in [0.29, 0.717) is 5.69 Å². The van der Waals surface area contributed by atoms with Crippen molar-refractivity contribution in [1.29, 1.82) is 0 Å². The van der Waals surface area contributed by atoms with Gasteiger partial charge in [0.2, 0.25) is 0 Å². The number of hydrogen-bond donors (Lipinski definition) is 0. The van der Waals surface area contributed by atoms with E-state index < -0.39 is 0 Å². The molecule has 2 rings (SSSR count). The number of aryl methyl sites for hydroxylation is 1. The van der Waals surface area contributed by atoms with E-state index in [1.165, 1.54) is 15.9 Å². The van der Waals surface area contributed by atoms with Crippen molar-refractivity contribution in [3.8, 4) is 5.75 Å². The second-order valence-corrected chi connectivity index (χ2v) is 4.69. The predicted molar refractivity (Wildman–Crippen MR) is 83.5 cm³/mol. The quantitative estimate of drug-likeness (QED) is 0.639. The summed E-state index contributed by atoms with van der Waals surface area (Å²) < 4.78 is 6.26. The molecule has 0 aliphatic carbocycles. The van der Waals surface area contributed by atoms with Gasteiger partial charge in [-0.25, -0.2) is 4.68 Å². The molecule has 6 nitrogen and oxygen atoms in total. The molecule has 0 fully saturated rings. The highest BCUT2D eigenvalue weighted by molar-refractivity contribution is 6.33. The molecule has 1 aromatic heterocycles. The van der Waals surface area contributed by atoms with Gasteiger partial charge in [0.25, 0.3) is 5.56 Å². The highest BCUT2D eigenvalue weighted by atomic mass is 35.5. The third kappa shape index (κ3) is 3.41. The predicted octanol–water partition coefficient (Wildman–Crippen LogP) is 1.91. The number of benzene rings is 1. The van der Waals surface area contributed by atoms with E-state index in [0.717, 1.165) is 11.3 Å². The fraction of sp³-hybridized carbons (Fsp3) is 0.214. The van der Waals surface area contributed by atoms with Crippen LogP contribution in [0.5, 0.6) is 5.75 Å². The van der Waals surface area contributed by atoms with E-state index >= 15 is 0 Å². The molecule has 1 aromatic carbocycles. The first kappa shape index (κ1) is 15.1. The molecule has 7 heteroatoms. The van der Waals surface area contributed by atoms with E-state index in [1.54, 1.807) is 27.4 Å². The van der Waals surface area contributed by atoms with E-state index in [1.807, 2.05) is 24.3 Å². The van der Waals surface area contributed by atoms with E-state index in [9.17, 15) is 4.79 Å². The summed E-state index contributed by atoms with van der Waals surface area (Å²) >= 11 is 6.01. The second kappa shape index (κ2) is 6.41. The minimum atomic E-state index is -0.360. The van der Waals surface area contributed by atoms with Gasteiger partial charge in [0.05, 0.1) is 19.5 Å². The Labute approximate surface area is 127 Å². The zero-order valence-electron chi connectivity index (χ0n) is 11.9. The first-order chi connectivity index (χ1) is 10.0. The van der Waals surface area contributed by atoms with Crippen molar-refractivity contribution in [2.24, 2.45) is 12.1 Å². The first-order valence-electron chi connectivity index (χ1n) is 6.16. The molecule has 0 bridgehead atoms. The highest BCUT2D eigenvalue weighted by Gasteiger charge is 2.10. The van der Waals surface area contributed by atoms with E-state index in [4.69, 9.17) is 16.3 Å². The summed E-state index contributed by atoms with van der Waals surface area (Å²) in [4.78, 5) is 11.7. The molecule has 110 valence electrons. The maximum atomic E-state index is 11.7. The molecule has 0 spiro atoms. The molecule has 0 saturated carbocycles. The van der Waals surface area contributed by atoms with Crippen molar-refractivity contribution in [1.82, 2.24) is 9.78 Å². The van der Waals surface area contributed by atoms with Crippen LogP contribution in [0.4, 0.5) is 5.69 Å². The van der Waals surface area contributed by atoms with Crippen LogP contribution in [0, 0.1) is 0 Å².